The van der Waals surface area contributed by atoms with Crippen LogP contribution in [-0.4, -0.2) is 72.0 Å². The summed E-state index contributed by atoms with van der Waals surface area (Å²) in [4.78, 5) is 44.9. The van der Waals surface area contributed by atoms with Gasteiger partial charge in [0.1, 0.15) is 0 Å². The van der Waals surface area contributed by atoms with E-state index in [2.05, 4.69) is 70.9 Å². The van der Waals surface area contributed by atoms with Crippen molar-refractivity contribution in [3.8, 4) is 0 Å². The first-order valence-corrected chi connectivity index (χ1v) is 17.4. The van der Waals surface area contributed by atoms with Crippen molar-refractivity contribution >= 4 is 24.2 Å². The number of rotatable bonds is 17. The Hall–Kier alpha value is -4.67. The highest BCUT2D eigenvalue weighted by Gasteiger charge is 2.39. The molecule has 2 unspecified atom stereocenters. The molecule has 0 aliphatic carbocycles. The minimum absolute atomic E-state index is 0.0188. The van der Waals surface area contributed by atoms with E-state index < -0.39 is 16.9 Å². The maximum Gasteiger partial charge on any atom is 0.269 e. The Balaban J connectivity index is 1.36. The summed E-state index contributed by atoms with van der Waals surface area (Å²) in [6.45, 7) is 5.70. The summed E-state index contributed by atoms with van der Waals surface area (Å²) in [6.07, 6.45) is 7.63. The summed E-state index contributed by atoms with van der Waals surface area (Å²) < 4.78 is 0. The van der Waals surface area contributed by atoms with Crippen LogP contribution in [0.15, 0.2) is 101 Å². The summed E-state index contributed by atoms with van der Waals surface area (Å²) in [5.74, 6) is -0.439. The number of allylic oxidation sites excluding steroid dienone is 1. The molecule has 3 N–H and O–H groups in total. The normalized spacial score (nSPS) is 19.2. The molecule has 0 bridgehead atoms. The summed E-state index contributed by atoms with van der Waals surface area (Å²) in [6, 6.07) is 27.5. The number of nitrogens with one attached hydrogen (secondary N) is 1. The van der Waals surface area contributed by atoms with Crippen LogP contribution in [0.25, 0.3) is 0 Å². The SMILES string of the molecule is CC1=NC(CCCCCN)=C(N(C=O)CCCN2CCC(c3ccccc3)(c3ccccc3)CC2)C(c2ccc([N+](=O)[O-])cc2)C1NC=O. The third-order valence-corrected chi connectivity index (χ3v) is 10.2. The van der Waals surface area contributed by atoms with Gasteiger partial charge in [0, 0.05) is 29.8 Å². The standard InChI is InChI=1S/C39H48N6O4/c1-30-37(41-28-46)36(31-17-19-34(20-18-31)45(48)49)38(35(42-30)16-9-4-10-23-40)44(29-47)25-11-24-43-26-21-39(22-27-43,32-12-5-2-6-13-32)33-14-7-3-8-15-33/h2-3,5-8,12-15,17-20,28-29,36-37H,4,9-11,16,21-27,40H2,1H3,(H,41,46). The van der Waals surface area contributed by atoms with Gasteiger partial charge in [-0.15, -0.1) is 0 Å². The molecular weight excluding hydrogens is 616 g/mol. The molecule has 0 radical (unpaired) electrons. The average molecular weight is 665 g/mol. The molecule has 2 heterocycles. The van der Waals surface area contributed by atoms with Gasteiger partial charge in [0.15, 0.2) is 0 Å². The number of aliphatic imine (C=N–C) groups is 1. The number of unbranched alkanes of at least 4 members (excludes halogenated alkanes) is 2. The molecular formula is C39H48N6O4. The van der Waals surface area contributed by atoms with Crippen molar-refractivity contribution in [2.45, 2.75) is 69.2 Å². The predicted octanol–water partition coefficient (Wildman–Crippen LogP) is 5.93. The van der Waals surface area contributed by atoms with Crippen molar-refractivity contribution in [1.29, 1.82) is 0 Å². The number of carbonyl (C=O) groups is 2. The summed E-state index contributed by atoms with van der Waals surface area (Å²) in [5.41, 5.74) is 11.5. The number of nitrogens with zero attached hydrogens (tertiary/aromatic N) is 4. The molecule has 2 atom stereocenters. The Morgan fingerprint density at radius 1 is 0.939 bits per heavy atom. The molecule has 1 fully saturated rings. The number of amides is 2. The fraction of sp³-hybridized carbons (Fsp3) is 0.410. The lowest BCUT2D eigenvalue weighted by molar-refractivity contribution is -0.384. The highest BCUT2D eigenvalue weighted by atomic mass is 16.6. The van der Waals surface area contributed by atoms with Crippen molar-refractivity contribution < 1.29 is 14.5 Å². The van der Waals surface area contributed by atoms with Crippen LogP contribution >= 0.6 is 0 Å². The van der Waals surface area contributed by atoms with Gasteiger partial charge in [-0.05, 0) is 88.3 Å². The molecule has 49 heavy (non-hydrogen) atoms. The molecule has 10 nitrogen and oxygen atoms in total. The maximum atomic E-state index is 12.9. The van der Waals surface area contributed by atoms with E-state index in [9.17, 15) is 19.7 Å². The number of nitro groups is 1. The molecule has 1 saturated heterocycles. The second-order valence-corrected chi connectivity index (χ2v) is 13.1. The number of benzene rings is 3. The van der Waals surface area contributed by atoms with Gasteiger partial charge in [-0.2, -0.15) is 0 Å². The third kappa shape index (κ3) is 8.32. The van der Waals surface area contributed by atoms with Crippen LogP contribution in [0.2, 0.25) is 0 Å². The topological polar surface area (TPSA) is 134 Å². The number of piperidine rings is 1. The van der Waals surface area contributed by atoms with Crippen molar-refractivity contribution in [1.82, 2.24) is 15.1 Å². The van der Waals surface area contributed by atoms with Gasteiger partial charge < -0.3 is 20.9 Å². The molecule has 2 amide bonds. The van der Waals surface area contributed by atoms with Gasteiger partial charge >= 0.3 is 0 Å². The lowest BCUT2D eigenvalue weighted by Gasteiger charge is -2.43. The number of hydrogen-bond donors (Lipinski definition) is 2. The first-order valence-electron chi connectivity index (χ1n) is 17.4. The van der Waals surface area contributed by atoms with Crippen molar-refractivity contribution in [3.05, 3.63) is 123 Å². The highest BCUT2D eigenvalue weighted by Crippen LogP contribution is 2.42. The Bertz CT molecular complexity index is 1560. The smallest absolute Gasteiger partial charge is 0.269 e. The van der Waals surface area contributed by atoms with E-state index in [-0.39, 0.29) is 11.1 Å². The first kappa shape index (κ1) is 35.6. The second kappa shape index (κ2) is 17.1. The van der Waals surface area contributed by atoms with Crippen LogP contribution < -0.4 is 11.1 Å². The van der Waals surface area contributed by atoms with Gasteiger partial charge in [0.2, 0.25) is 12.8 Å². The number of carbonyl (C=O) groups excluding carboxylic acids is 2. The molecule has 2 aliphatic rings. The van der Waals surface area contributed by atoms with E-state index in [1.807, 2.05) is 6.92 Å². The van der Waals surface area contributed by atoms with E-state index >= 15 is 0 Å². The van der Waals surface area contributed by atoms with Gasteiger partial charge in [0.25, 0.3) is 5.69 Å². The van der Waals surface area contributed by atoms with Crippen molar-refractivity contribution in [2.75, 3.05) is 32.7 Å². The summed E-state index contributed by atoms with van der Waals surface area (Å²) >= 11 is 0. The molecule has 0 spiro atoms. The van der Waals surface area contributed by atoms with Crippen LogP contribution in [0.4, 0.5) is 5.69 Å². The lowest BCUT2D eigenvalue weighted by atomic mass is 9.68. The van der Waals surface area contributed by atoms with E-state index in [1.54, 1.807) is 17.0 Å². The third-order valence-electron chi connectivity index (χ3n) is 10.2. The van der Waals surface area contributed by atoms with Crippen LogP contribution in [0.5, 0.6) is 0 Å². The van der Waals surface area contributed by atoms with Gasteiger partial charge in [-0.3, -0.25) is 24.7 Å². The van der Waals surface area contributed by atoms with Gasteiger partial charge in [-0.25, -0.2) is 0 Å². The molecule has 0 saturated carbocycles. The minimum Gasteiger partial charge on any atom is -0.350 e. The Morgan fingerprint density at radius 3 is 2.12 bits per heavy atom. The fourth-order valence-corrected chi connectivity index (χ4v) is 7.62. The zero-order chi connectivity index (χ0) is 34.6. The van der Waals surface area contributed by atoms with Crippen LogP contribution in [0.3, 0.4) is 0 Å². The zero-order valence-corrected chi connectivity index (χ0v) is 28.4. The number of likely N-dealkylation sites (tertiary alicyclic amines) is 1. The van der Waals surface area contributed by atoms with Gasteiger partial charge in [0.05, 0.1) is 28.3 Å². The average Bonchev–Trinajstić information content (AvgIpc) is 3.14. The molecule has 5 rings (SSSR count). The number of non-ortho nitro benzene ring substituents is 1. The van der Waals surface area contributed by atoms with Crippen LogP contribution in [0.1, 0.15) is 74.5 Å². The van der Waals surface area contributed by atoms with E-state index in [4.69, 9.17) is 10.7 Å². The summed E-state index contributed by atoms with van der Waals surface area (Å²) in [5, 5.41) is 14.4. The molecule has 258 valence electrons. The lowest BCUT2D eigenvalue weighted by Crippen LogP contribution is -2.46. The quantitative estimate of drug-likeness (QED) is 0.0796. The zero-order valence-electron chi connectivity index (χ0n) is 28.4. The fourth-order valence-electron chi connectivity index (χ4n) is 7.62. The summed E-state index contributed by atoms with van der Waals surface area (Å²) in [7, 11) is 0. The molecule has 10 heteroatoms. The molecule has 3 aromatic rings. The van der Waals surface area contributed by atoms with Crippen molar-refractivity contribution in [3.63, 3.8) is 0 Å². The second-order valence-electron chi connectivity index (χ2n) is 13.1. The molecule has 3 aromatic carbocycles. The van der Waals surface area contributed by atoms with E-state index in [0.717, 1.165) is 87.2 Å². The first-order chi connectivity index (χ1) is 23.9. The Kier molecular flexibility index (Phi) is 12.5. The Labute approximate surface area is 289 Å². The number of hydrogen-bond acceptors (Lipinski definition) is 7. The van der Waals surface area contributed by atoms with E-state index in [1.165, 1.54) is 23.3 Å². The van der Waals surface area contributed by atoms with Crippen LogP contribution in [-0.2, 0) is 15.0 Å². The Morgan fingerprint density at radius 2 is 1.57 bits per heavy atom. The van der Waals surface area contributed by atoms with E-state index in [0.29, 0.717) is 25.9 Å². The largest absolute Gasteiger partial charge is 0.350 e. The van der Waals surface area contributed by atoms with Gasteiger partial charge in [-0.1, -0.05) is 79.2 Å². The number of nitro benzene ring substituents is 1. The predicted molar refractivity (Wildman–Crippen MR) is 193 cm³/mol. The monoisotopic (exact) mass is 664 g/mol. The minimum atomic E-state index is -0.504. The molecule has 2 aliphatic heterocycles. The maximum absolute atomic E-state index is 12.9. The molecule has 0 aromatic heterocycles. The highest BCUT2D eigenvalue weighted by molar-refractivity contribution is 5.92. The number of nitrogens with two attached hydrogens (primary N) is 1. The van der Waals surface area contributed by atoms with Crippen LogP contribution in [0, 0.1) is 10.1 Å². The van der Waals surface area contributed by atoms with Crippen molar-refractivity contribution in [2.24, 2.45) is 10.7 Å².